The molecule has 102 valence electrons. The standard InChI is InChI=1S/C13H19F3N2/c1-8(2)17-6-9(3)18-7-10-4-11(14)13(16)12(15)5-10/h4-5,8-9,17-18H,6-7H2,1-3H3. The Kier molecular flexibility index (Phi) is 5.62. The molecule has 0 saturated carbocycles. The molecule has 0 spiro atoms. The average molecular weight is 260 g/mol. The highest BCUT2D eigenvalue weighted by Crippen LogP contribution is 2.13. The summed E-state index contributed by atoms with van der Waals surface area (Å²) in [6.07, 6.45) is 0. The maximum atomic E-state index is 13.0. The molecule has 0 saturated heterocycles. The molecule has 0 bridgehead atoms. The van der Waals surface area contributed by atoms with Crippen molar-refractivity contribution in [1.82, 2.24) is 10.6 Å². The van der Waals surface area contributed by atoms with Crippen LogP contribution < -0.4 is 10.6 Å². The third-order valence-corrected chi connectivity index (χ3v) is 2.53. The fourth-order valence-electron chi connectivity index (χ4n) is 1.49. The van der Waals surface area contributed by atoms with Crippen molar-refractivity contribution in [2.45, 2.75) is 39.4 Å². The van der Waals surface area contributed by atoms with Crippen molar-refractivity contribution in [3.63, 3.8) is 0 Å². The monoisotopic (exact) mass is 260 g/mol. The lowest BCUT2D eigenvalue weighted by Gasteiger charge is -2.16. The minimum Gasteiger partial charge on any atom is -0.313 e. The van der Waals surface area contributed by atoms with E-state index in [0.29, 0.717) is 18.2 Å². The summed E-state index contributed by atoms with van der Waals surface area (Å²) in [5.74, 6) is -3.73. The zero-order chi connectivity index (χ0) is 13.7. The van der Waals surface area contributed by atoms with Gasteiger partial charge in [-0.25, -0.2) is 13.2 Å². The van der Waals surface area contributed by atoms with Gasteiger partial charge in [0.25, 0.3) is 0 Å². The fraction of sp³-hybridized carbons (Fsp3) is 0.538. The van der Waals surface area contributed by atoms with Gasteiger partial charge in [-0.1, -0.05) is 13.8 Å². The number of benzene rings is 1. The minimum absolute atomic E-state index is 0.156. The van der Waals surface area contributed by atoms with E-state index in [1.807, 2.05) is 20.8 Å². The number of hydrogen-bond acceptors (Lipinski definition) is 2. The van der Waals surface area contributed by atoms with E-state index in [1.165, 1.54) is 0 Å². The summed E-state index contributed by atoms with van der Waals surface area (Å²) in [6, 6.07) is 2.56. The molecule has 0 aliphatic heterocycles. The van der Waals surface area contributed by atoms with Gasteiger partial charge in [-0.2, -0.15) is 0 Å². The van der Waals surface area contributed by atoms with Crippen molar-refractivity contribution < 1.29 is 13.2 Å². The normalized spacial score (nSPS) is 13.1. The van der Waals surface area contributed by atoms with Gasteiger partial charge in [0.15, 0.2) is 17.5 Å². The molecule has 0 aromatic heterocycles. The molecule has 0 amide bonds. The van der Waals surface area contributed by atoms with E-state index in [1.54, 1.807) is 0 Å². The van der Waals surface area contributed by atoms with Gasteiger partial charge in [0.05, 0.1) is 0 Å². The van der Waals surface area contributed by atoms with Crippen molar-refractivity contribution >= 4 is 0 Å². The van der Waals surface area contributed by atoms with Crippen molar-refractivity contribution in [2.75, 3.05) is 6.54 Å². The predicted octanol–water partition coefficient (Wildman–Crippen LogP) is 2.58. The summed E-state index contributed by atoms with van der Waals surface area (Å²) in [5.41, 5.74) is 0.391. The lowest BCUT2D eigenvalue weighted by atomic mass is 10.2. The number of rotatable bonds is 6. The largest absolute Gasteiger partial charge is 0.313 e. The molecule has 0 radical (unpaired) electrons. The van der Waals surface area contributed by atoms with Crippen LogP contribution in [0.3, 0.4) is 0 Å². The van der Waals surface area contributed by atoms with Gasteiger partial charge in [-0.3, -0.25) is 0 Å². The molecule has 1 atom stereocenters. The highest BCUT2D eigenvalue weighted by molar-refractivity contribution is 5.19. The van der Waals surface area contributed by atoms with E-state index in [4.69, 9.17) is 0 Å². The Morgan fingerprint density at radius 2 is 1.56 bits per heavy atom. The van der Waals surface area contributed by atoms with E-state index in [9.17, 15) is 13.2 Å². The summed E-state index contributed by atoms with van der Waals surface area (Å²) in [4.78, 5) is 0. The van der Waals surface area contributed by atoms with Crippen molar-refractivity contribution in [3.05, 3.63) is 35.1 Å². The molecule has 0 heterocycles. The quantitative estimate of drug-likeness (QED) is 0.768. The third kappa shape index (κ3) is 4.66. The van der Waals surface area contributed by atoms with Crippen LogP contribution in [0.25, 0.3) is 0 Å². The summed E-state index contributed by atoms with van der Waals surface area (Å²) in [5, 5.41) is 6.35. The summed E-state index contributed by atoms with van der Waals surface area (Å²) >= 11 is 0. The van der Waals surface area contributed by atoms with Gasteiger partial charge < -0.3 is 10.6 Å². The second-order valence-corrected chi connectivity index (χ2v) is 4.72. The second-order valence-electron chi connectivity index (χ2n) is 4.72. The Morgan fingerprint density at radius 3 is 2.06 bits per heavy atom. The molecule has 2 N–H and O–H groups in total. The minimum atomic E-state index is -1.42. The summed E-state index contributed by atoms with van der Waals surface area (Å²) in [7, 11) is 0. The first-order chi connectivity index (χ1) is 8.40. The molecular weight excluding hydrogens is 241 g/mol. The second kappa shape index (κ2) is 6.75. The van der Waals surface area contributed by atoms with Crippen molar-refractivity contribution in [3.8, 4) is 0 Å². The maximum Gasteiger partial charge on any atom is 0.194 e. The van der Waals surface area contributed by atoms with E-state index in [2.05, 4.69) is 10.6 Å². The molecule has 0 fully saturated rings. The predicted molar refractivity (Wildman–Crippen MR) is 65.8 cm³/mol. The van der Waals surface area contributed by atoms with Crippen LogP contribution in [-0.4, -0.2) is 18.6 Å². The Bertz CT molecular complexity index is 371. The Morgan fingerprint density at radius 1 is 1.00 bits per heavy atom. The van der Waals surface area contributed by atoms with E-state index in [-0.39, 0.29) is 6.04 Å². The molecule has 0 aliphatic rings. The summed E-state index contributed by atoms with van der Waals surface area (Å²) in [6.45, 7) is 7.10. The van der Waals surface area contributed by atoms with E-state index < -0.39 is 17.5 Å². The molecule has 1 unspecified atom stereocenters. The number of nitrogens with one attached hydrogen (secondary N) is 2. The SMILES string of the molecule is CC(C)NCC(C)NCc1cc(F)c(F)c(F)c1. The molecule has 2 nitrogen and oxygen atoms in total. The molecule has 0 aliphatic carbocycles. The number of halogens is 3. The van der Waals surface area contributed by atoms with Gasteiger partial charge in [0.2, 0.25) is 0 Å². The molecule has 1 rings (SSSR count). The lowest BCUT2D eigenvalue weighted by Crippen LogP contribution is -2.38. The van der Waals surface area contributed by atoms with Crippen LogP contribution in [0.1, 0.15) is 26.3 Å². The van der Waals surface area contributed by atoms with Crippen molar-refractivity contribution in [1.29, 1.82) is 0 Å². The highest BCUT2D eigenvalue weighted by atomic mass is 19.2. The molecule has 18 heavy (non-hydrogen) atoms. The van der Waals surface area contributed by atoms with Crippen LogP contribution in [0.5, 0.6) is 0 Å². The van der Waals surface area contributed by atoms with Crippen LogP contribution in [0.2, 0.25) is 0 Å². The summed E-state index contributed by atoms with van der Waals surface area (Å²) < 4.78 is 38.7. The van der Waals surface area contributed by atoms with Crippen LogP contribution >= 0.6 is 0 Å². The zero-order valence-electron chi connectivity index (χ0n) is 10.9. The molecular formula is C13H19F3N2. The van der Waals surface area contributed by atoms with Gasteiger partial charge in [-0.05, 0) is 24.6 Å². The van der Waals surface area contributed by atoms with Crippen LogP contribution in [0, 0.1) is 17.5 Å². The Labute approximate surface area is 106 Å². The highest BCUT2D eigenvalue weighted by Gasteiger charge is 2.11. The van der Waals surface area contributed by atoms with E-state index in [0.717, 1.165) is 18.7 Å². The fourth-order valence-corrected chi connectivity index (χ4v) is 1.49. The van der Waals surface area contributed by atoms with Gasteiger partial charge >= 0.3 is 0 Å². The zero-order valence-corrected chi connectivity index (χ0v) is 10.9. The Balaban J connectivity index is 2.48. The smallest absolute Gasteiger partial charge is 0.194 e. The first-order valence-corrected chi connectivity index (χ1v) is 6.00. The van der Waals surface area contributed by atoms with Crippen LogP contribution in [-0.2, 0) is 6.54 Å². The third-order valence-electron chi connectivity index (χ3n) is 2.53. The van der Waals surface area contributed by atoms with Gasteiger partial charge in [-0.15, -0.1) is 0 Å². The maximum absolute atomic E-state index is 13.0. The molecule has 1 aromatic rings. The average Bonchev–Trinajstić information content (AvgIpc) is 2.30. The van der Waals surface area contributed by atoms with Crippen LogP contribution in [0.4, 0.5) is 13.2 Å². The van der Waals surface area contributed by atoms with Gasteiger partial charge in [0, 0.05) is 25.2 Å². The first kappa shape index (κ1) is 15.0. The molecule has 5 heteroatoms. The van der Waals surface area contributed by atoms with Crippen LogP contribution in [0.15, 0.2) is 12.1 Å². The Hall–Kier alpha value is -1.07. The molecule has 1 aromatic carbocycles. The van der Waals surface area contributed by atoms with E-state index >= 15 is 0 Å². The van der Waals surface area contributed by atoms with Gasteiger partial charge in [0.1, 0.15) is 0 Å². The number of hydrogen-bond donors (Lipinski definition) is 2. The first-order valence-electron chi connectivity index (χ1n) is 6.00. The lowest BCUT2D eigenvalue weighted by molar-refractivity contribution is 0.440. The topological polar surface area (TPSA) is 24.1 Å². The van der Waals surface area contributed by atoms with Crippen molar-refractivity contribution in [2.24, 2.45) is 0 Å².